The zero-order chi connectivity index (χ0) is 15.5. The molecular formula is C16H30O5. The van der Waals surface area contributed by atoms with E-state index in [4.69, 9.17) is 9.47 Å². The molecule has 0 aliphatic carbocycles. The van der Waals surface area contributed by atoms with E-state index in [0.29, 0.717) is 6.61 Å². The Labute approximate surface area is 127 Å². The number of aliphatic hydroxyl groups is 3. The van der Waals surface area contributed by atoms with Crippen LogP contribution in [0.4, 0.5) is 0 Å². The molecular weight excluding hydrogens is 272 g/mol. The fraction of sp³-hybridized carbons (Fsp3) is 0.875. The van der Waals surface area contributed by atoms with Crippen LogP contribution in [0.3, 0.4) is 0 Å². The zero-order valence-corrected chi connectivity index (χ0v) is 13.0. The van der Waals surface area contributed by atoms with Crippen LogP contribution < -0.4 is 0 Å². The molecule has 5 heteroatoms. The Morgan fingerprint density at radius 2 is 1.95 bits per heavy atom. The molecule has 0 radical (unpaired) electrons. The lowest BCUT2D eigenvalue weighted by Crippen LogP contribution is -2.40. The summed E-state index contributed by atoms with van der Waals surface area (Å²) in [6, 6.07) is 0. The predicted molar refractivity (Wildman–Crippen MR) is 81.1 cm³/mol. The van der Waals surface area contributed by atoms with E-state index in [1.807, 2.05) is 0 Å². The van der Waals surface area contributed by atoms with Crippen molar-refractivity contribution in [1.29, 1.82) is 0 Å². The van der Waals surface area contributed by atoms with Crippen molar-refractivity contribution in [3.8, 4) is 0 Å². The highest BCUT2D eigenvalue weighted by Crippen LogP contribution is 2.17. The third kappa shape index (κ3) is 7.38. The highest BCUT2D eigenvalue weighted by Gasteiger charge is 2.39. The summed E-state index contributed by atoms with van der Waals surface area (Å²) in [6.07, 6.45) is 7.58. The number of hydrogen-bond donors (Lipinski definition) is 3. The predicted octanol–water partition coefficient (Wildman–Crippen LogP) is 1.40. The second-order valence-electron chi connectivity index (χ2n) is 5.61. The summed E-state index contributed by atoms with van der Waals surface area (Å²) >= 11 is 0. The van der Waals surface area contributed by atoms with Crippen LogP contribution in [0.25, 0.3) is 0 Å². The lowest BCUT2D eigenvalue weighted by molar-refractivity contribution is -0.0813. The second kappa shape index (κ2) is 11.2. The van der Waals surface area contributed by atoms with Crippen LogP contribution in [0.15, 0.2) is 12.2 Å². The first kappa shape index (κ1) is 18.6. The molecule has 0 saturated carbocycles. The number of allylic oxidation sites excluding steroid dienone is 2. The number of hydrogen-bond acceptors (Lipinski definition) is 5. The molecule has 1 aliphatic heterocycles. The molecule has 0 bridgehead atoms. The van der Waals surface area contributed by atoms with Crippen LogP contribution in [-0.2, 0) is 9.47 Å². The molecule has 0 aromatic rings. The topological polar surface area (TPSA) is 79.2 Å². The SMILES string of the molecule is CCC/C=C/CCCCCOC[C@@H](O)[C@@H]1OC[C@H](O)[C@@H]1O. The highest BCUT2D eigenvalue weighted by atomic mass is 16.5. The van der Waals surface area contributed by atoms with E-state index in [9.17, 15) is 15.3 Å². The Kier molecular flexibility index (Phi) is 9.87. The first-order chi connectivity index (χ1) is 10.2. The molecule has 0 aromatic heterocycles. The van der Waals surface area contributed by atoms with Gasteiger partial charge in [-0.05, 0) is 25.7 Å². The van der Waals surface area contributed by atoms with Gasteiger partial charge in [0.1, 0.15) is 24.4 Å². The summed E-state index contributed by atoms with van der Waals surface area (Å²) in [5, 5.41) is 28.8. The Bertz CT molecular complexity index is 282. The van der Waals surface area contributed by atoms with Crippen molar-refractivity contribution in [3.63, 3.8) is 0 Å². The van der Waals surface area contributed by atoms with Gasteiger partial charge >= 0.3 is 0 Å². The van der Waals surface area contributed by atoms with Gasteiger partial charge in [-0.3, -0.25) is 0 Å². The average Bonchev–Trinajstić information content (AvgIpc) is 2.81. The summed E-state index contributed by atoms with van der Waals surface area (Å²) in [7, 11) is 0. The Hall–Kier alpha value is -0.460. The second-order valence-corrected chi connectivity index (χ2v) is 5.61. The fourth-order valence-corrected chi connectivity index (χ4v) is 2.31. The van der Waals surface area contributed by atoms with Crippen molar-refractivity contribution in [2.75, 3.05) is 19.8 Å². The van der Waals surface area contributed by atoms with E-state index >= 15 is 0 Å². The lowest BCUT2D eigenvalue weighted by atomic mass is 10.1. The Morgan fingerprint density at radius 3 is 2.62 bits per heavy atom. The molecule has 21 heavy (non-hydrogen) atoms. The van der Waals surface area contributed by atoms with E-state index < -0.39 is 24.4 Å². The maximum atomic E-state index is 9.83. The van der Waals surface area contributed by atoms with Crippen LogP contribution >= 0.6 is 0 Å². The number of aliphatic hydroxyl groups excluding tert-OH is 3. The highest BCUT2D eigenvalue weighted by molar-refractivity contribution is 4.87. The normalized spacial score (nSPS) is 27.5. The summed E-state index contributed by atoms with van der Waals surface area (Å²) in [6.45, 7) is 2.97. The largest absolute Gasteiger partial charge is 0.388 e. The first-order valence-corrected chi connectivity index (χ1v) is 8.05. The minimum Gasteiger partial charge on any atom is -0.388 e. The van der Waals surface area contributed by atoms with Gasteiger partial charge in [0.2, 0.25) is 0 Å². The molecule has 0 spiro atoms. The average molecular weight is 302 g/mol. The van der Waals surface area contributed by atoms with Gasteiger partial charge in [-0.2, -0.15) is 0 Å². The Morgan fingerprint density at radius 1 is 1.19 bits per heavy atom. The van der Waals surface area contributed by atoms with Crippen molar-refractivity contribution >= 4 is 0 Å². The van der Waals surface area contributed by atoms with Crippen molar-refractivity contribution in [2.45, 2.75) is 69.9 Å². The summed E-state index contributed by atoms with van der Waals surface area (Å²) in [5.41, 5.74) is 0. The molecule has 1 aliphatic rings. The van der Waals surface area contributed by atoms with Crippen LogP contribution in [0, 0.1) is 0 Å². The van der Waals surface area contributed by atoms with Gasteiger partial charge in [0, 0.05) is 6.61 Å². The molecule has 4 atom stereocenters. The fourth-order valence-electron chi connectivity index (χ4n) is 2.31. The van der Waals surface area contributed by atoms with Gasteiger partial charge < -0.3 is 24.8 Å². The minimum absolute atomic E-state index is 0.0639. The minimum atomic E-state index is -1.03. The van der Waals surface area contributed by atoms with Gasteiger partial charge in [0.05, 0.1) is 13.2 Å². The van der Waals surface area contributed by atoms with E-state index in [0.717, 1.165) is 32.1 Å². The molecule has 1 heterocycles. The van der Waals surface area contributed by atoms with Gasteiger partial charge in [0.15, 0.2) is 0 Å². The molecule has 0 aromatic carbocycles. The number of rotatable bonds is 11. The zero-order valence-electron chi connectivity index (χ0n) is 13.0. The summed E-state index contributed by atoms with van der Waals surface area (Å²) < 4.78 is 10.5. The van der Waals surface area contributed by atoms with Crippen molar-refractivity contribution in [3.05, 3.63) is 12.2 Å². The van der Waals surface area contributed by atoms with Crippen molar-refractivity contribution in [2.24, 2.45) is 0 Å². The summed E-state index contributed by atoms with van der Waals surface area (Å²) in [5.74, 6) is 0. The summed E-state index contributed by atoms with van der Waals surface area (Å²) in [4.78, 5) is 0. The smallest absolute Gasteiger partial charge is 0.114 e. The quantitative estimate of drug-likeness (QED) is 0.397. The maximum Gasteiger partial charge on any atom is 0.114 e. The van der Waals surface area contributed by atoms with Crippen LogP contribution in [0.2, 0.25) is 0 Å². The standard InChI is InChI=1S/C16H30O5/c1-2-3-4-5-6-7-8-9-10-20-11-14(18)16-15(19)13(17)12-21-16/h4-5,13-19H,2-3,6-12H2,1H3/b5-4+/t13-,14+,15-,16-/m0/s1. The van der Waals surface area contributed by atoms with Gasteiger partial charge in [-0.1, -0.05) is 31.9 Å². The molecule has 5 nitrogen and oxygen atoms in total. The molecule has 3 N–H and O–H groups in total. The van der Waals surface area contributed by atoms with Crippen LogP contribution in [-0.4, -0.2) is 59.6 Å². The maximum absolute atomic E-state index is 9.83. The number of ether oxygens (including phenoxy) is 2. The van der Waals surface area contributed by atoms with E-state index in [2.05, 4.69) is 19.1 Å². The first-order valence-electron chi connectivity index (χ1n) is 8.05. The van der Waals surface area contributed by atoms with Gasteiger partial charge in [0.25, 0.3) is 0 Å². The van der Waals surface area contributed by atoms with Crippen LogP contribution in [0.5, 0.6) is 0 Å². The molecule has 1 rings (SSSR count). The van der Waals surface area contributed by atoms with Gasteiger partial charge in [-0.25, -0.2) is 0 Å². The van der Waals surface area contributed by atoms with Crippen molar-refractivity contribution in [1.82, 2.24) is 0 Å². The third-order valence-corrected chi connectivity index (χ3v) is 3.64. The molecule has 124 valence electrons. The van der Waals surface area contributed by atoms with E-state index in [1.165, 1.54) is 6.42 Å². The van der Waals surface area contributed by atoms with Crippen molar-refractivity contribution < 1.29 is 24.8 Å². The molecule has 1 saturated heterocycles. The van der Waals surface area contributed by atoms with Crippen LogP contribution in [0.1, 0.15) is 45.4 Å². The molecule has 0 amide bonds. The van der Waals surface area contributed by atoms with E-state index in [1.54, 1.807) is 0 Å². The monoisotopic (exact) mass is 302 g/mol. The van der Waals surface area contributed by atoms with Gasteiger partial charge in [-0.15, -0.1) is 0 Å². The number of unbranched alkanes of at least 4 members (excludes halogenated alkanes) is 4. The Balaban J connectivity index is 1.94. The molecule has 0 unspecified atom stereocenters. The van der Waals surface area contributed by atoms with E-state index in [-0.39, 0.29) is 13.2 Å². The third-order valence-electron chi connectivity index (χ3n) is 3.64. The lowest BCUT2D eigenvalue weighted by Gasteiger charge is -2.20. The molecule has 1 fully saturated rings.